The monoisotopic (exact) mass is 461 g/mol. The molecule has 0 aliphatic carbocycles. The molecule has 0 aromatic heterocycles. The first-order valence-corrected chi connectivity index (χ1v) is 13.1. The quantitative estimate of drug-likeness (QED) is 0.137. The van der Waals surface area contributed by atoms with Crippen molar-refractivity contribution in [2.24, 2.45) is 0 Å². The summed E-state index contributed by atoms with van der Waals surface area (Å²) in [5, 5.41) is 0. The highest BCUT2D eigenvalue weighted by atomic mass is 79.9. The third-order valence-electron chi connectivity index (χ3n) is 5.98. The van der Waals surface area contributed by atoms with Gasteiger partial charge in [-0.3, -0.25) is 0 Å². The molecule has 0 saturated carbocycles. The van der Waals surface area contributed by atoms with Crippen LogP contribution in [0.2, 0.25) is 0 Å². The molecule has 0 amide bonds. The van der Waals surface area contributed by atoms with Crippen LogP contribution in [0.1, 0.15) is 149 Å². The van der Waals surface area contributed by atoms with E-state index in [0.29, 0.717) is 0 Å². The highest BCUT2D eigenvalue weighted by molar-refractivity contribution is 8.93. The van der Waals surface area contributed by atoms with Gasteiger partial charge in [-0.1, -0.05) is 130 Å². The zero-order valence-corrected chi connectivity index (χ0v) is 21.8. The number of halogens is 1. The second-order valence-corrected chi connectivity index (χ2v) is 8.85. The van der Waals surface area contributed by atoms with Gasteiger partial charge in [0, 0.05) is 0 Å². The second-order valence-electron chi connectivity index (χ2n) is 8.85. The number of hydrogen-bond acceptors (Lipinski definition) is 1. The molecule has 28 heavy (non-hydrogen) atoms. The summed E-state index contributed by atoms with van der Waals surface area (Å²) < 4.78 is 0. The van der Waals surface area contributed by atoms with E-state index in [1.165, 1.54) is 148 Å². The Kier molecular flexibility index (Phi) is 30.0. The van der Waals surface area contributed by atoms with Crippen molar-refractivity contribution < 1.29 is 0 Å². The Labute approximate surface area is 190 Å². The van der Waals surface area contributed by atoms with Gasteiger partial charge in [-0.15, -0.1) is 17.0 Å². The maximum atomic E-state index is 2.80. The van der Waals surface area contributed by atoms with Crippen LogP contribution < -0.4 is 0 Å². The number of unbranched alkanes of at least 4 members (excludes halogenated alkanes) is 17. The Morgan fingerprint density at radius 1 is 0.321 bits per heavy atom. The molecule has 0 rings (SSSR count). The first-order valence-electron chi connectivity index (χ1n) is 13.1. The Morgan fingerprint density at radius 2 is 0.536 bits per heavy atom. The molecule has 0 aromatic rings. The maximum Gasteiger partial charge on any atom is -0.00187 e. The van der Waals surface area contributed by atoms with E-state index < -0.39 is 0 Å². The van der Waals surface area contributed by atoms with Crippen molar-refractivity contribution in [3.8, 4) is 0 Å². The van der Waals surface area contributed by atoms with Crippen molar-refractivity contribution in [2.75, 3.05) is 19.6 Å². The predicted molar refractivity (Wildman–Crippen MR) is 136 cm³/mol. The molecule has 0 aliphatic heterocycles. The van der Waals surface area contributed by atoms with Crippen LogP contribution in [0.15, 0.2) is 0 Å². The van der Waals surface area contributed by atoms with Gasteiger partial charge in [0.15, 0.2) is 0 Å². The molecule has 0 radical (unpaired) electrons. The summed E-state index contributed by atoms with van der Waals surface area (Å²) in [4.78, 5) is 2.80. The van der Waals surface area contributed by atoms with Gasteiger partial charge < -0.3 is 4.90 Å². The van der Waals surface area contributed by atoms with Gasteiger partial charge in [-0.05, 0) is 38.9 Å². The molecule has 0 N–H and O–H groups in total. The van der Waals surface area contributed by atoms with Crippen LogP contribution in [0.5, 0.6) is 0 Å². The molecule has 0 heterocycles. The van der Waals surface area contributed by atoms with Crippen LogP contribution in [-0.4, -0.2) is 24.5 Å². The number of rotatable bonds is 23. The van der Waals surface area contributed by atoms with Crippen LogP contribution in [0.3, 0.4) is 0 Å². The summed E-state index contributed by atoms with van der Waals surface area (Å²) in [5.74, 6) is 0. The minimum atomic E-state index is 0. The van der Waals surface area contributed by atoms with Crippen LogP contribution in [0.25, 0.3) is 0 Å². The fourth-order valence-corrected chi connectivity index (χ4v) is 4.04. The smallest absolute Gasteiger partial charge is 0.00187 e. The van der Waals surface area contributed by atoms with E-state index in [-0.39, 0.29) is 17.0 Å². The van der Waals surface area contributed by atoms with E-state index in [0.717, 1.165) is 0 Å². The molecular weight excluding hydrogens is 406 g/mol. The van der Waals surface area contributed by atoms with Gasteiger partial charge in [-0.2, -0.15) is 0 Å². The van der Waals surface area contributed by atoms with Gasteiger partial charge in [0.05, 0.1) is 0 Å². The molecule has 1 nitrogen and oxygen atoms in total. The minimum Gasteiger partial charge on any atom is -0.303 e. The summed E-state index contributed by atoms with van der Waals surface area (Å²) >= 11 is 0. The van der Waals surface area contributed by atoms with Gasteiger partial charge in [0.2, 0.25) is 0 Å². The van der Waals surface area contributed by atoms with Crippen LogP contribution in [-0.2, 0) is 0 Å². The normalized spacial score (nSPS) is 11.1. The Hall–Kier alpha value is 0.440. The van der Waals surface area contributed by atoms with E-state index >= 15 is 0 Å². The van der Waals surface area contributed by atoms with E-state index in [4.69, 9.17) is 0 Å². The second kappa shape index (κ2) is 27.4. The highest BCUT2D eigenvalue weighted by Gasteiger charge is 2.05. The molecule has 0 aliphatic rings. The van der Waals surface area contributed by atoms with E-state index in [9.17, 15) is 0 Å². The Balaban J connectivity index is 0. The Morgan fingerprint density at radius 3 is 0.786 bits per heavy atom. The summed E-state index contributed by atoms with van der Waals surface area (Å²) in [5.41, 5.74) is 0. The molecule has 0 atom stereocenters. The molecule has 0 bridgehead atoms. The fraction of sp³-hybridized carbons (Fsp3) is 1.00. The van der Waals surface area contributed by atoms with Gasteiger partial charge in [-0.25, -0.2) is 0 Å². The lowest BCUT2D eigenvalue weighted by Gasteiger charge is -2.22. The standard InChI is InChI=1S/C26H55N.BrH/c1-4-7-10-13-16-17-20-23-26-27(24-21-18-14-11-8-5-2)25-22-19-15-12-9-6-3;/h4-26H2,1-3H3;1H. The molecule has 172 valence electrons. The van der Waals surface area contributed by atoms with Crippen molar-refractivity contribution in [1.29, 1.82) is 0 Å². The predicted octanol–water partition coefficient (Wildman–Crippen LogP) is 9.73. The molecule has 0 unspecified atom stereocenters. The van der Waals surface area contributed by atoms with E-state index in [1.54, 1.807) is 0 Å². The van der Waals surface area contributed by atoms with Crippen LogP contribution in [0.4, 0.5) is 0 Å². The highest BCUT2D eigenvalue weighted by Crippen LogP contribution is 2.12. The lowest BCUT2D eigenvalue weighted by atomic mass is 10.1. The lowest BCUT2D eigenvalue weighted by molar-refractivity contribution is 0.254. The molecule has 0 aromatic carbocycles. The summed E-state index contributed by atoms with van der Waals surface area (Å²) in [6.07, 6.45) is 28.7. The SMILES string of the molecule is Br.CCCCCCCCCCN(CCCCCCCC)CCCCCCCC. The van der Waals surface area contributed by atoms with E-state index in [1.807, 2.05) is 0 Å². The average Bonchev–Trinajstić information content (AvgIpc) is 2.68. The van der Waals surface area contributed by atoms with Crippen molar-refractivity contribution in [3.05, 3.63) is 0 Å². The lowest BCUT2D eigenvalue weighted by Crippen LogP contribution is -2.27. The largest absolute Gasteiger partial charge is 0.303 e. The van der Waals surface area contributed by atoms with Crippen LogP contribution in [0, 0.1) is 0 Å². The maximum absolute atomic E-state index is 2.80. The van der Waals surface area contributed by atoms with Crippen molar-refractivity contribution in [3.63, 3.8) is 0 Å². The van der Waals surface area contributed by atoms with Crippen molar-refractivity contribution in [2.45, 2.75) is 149 Å². The van der Waals surface area contributed by atoms with Gasteiger partial charge in [0.25, 0.3) is 0 Å². The summed E-state index contributed by atoms with van der Waals surface area (Å²) in [6.45, 7) is 11.0. The van der Waals surface area contributed by atoms with Gasteiger partial charge in [0.1, 0.15) is 0 Å². The molecule has 0 fully saturated rings. The summed E-state index contributed by atoms with van der Waals surface area (Å²) in [6, 6.07) is 0. The van der Waals surface area contributed by atoms with Crippen LogP contribution >= 0.6 is 17.0 Å². The summed E-state index contributed by atoms with van der Waals surface area (Å²) in [7, 11) is 0. The Bertz CT molecular complexity index is 241. The molecule has 2 heteroatoms. The molecule has 0 saturated heterocycles. The third kappa shape index (κ3) is 24.5. The van der Waals surface area contributed by atoms with Crippen molar-refractivity contribution >= 4 is 17.0 Å². The first kappa shape index (κ1) is 30.6. The minimum absolute atomic E-state index is 0. The number of nitrogens with zero attached hydrogens (tertiary/aromatic N) is 1. The topological polar surface area (TPSA) is 3.24 Å². The zero-order chi connectivity index (χ0) is 19.8. The molecule has 0 spiro atoms. The average molecular weight is 463 g/mol. The van der Waals surface area contributed by atoms with E-state index in [2.05, 4.69) is 25.7 Å². The van der Waals surface area contributed by atoms with Crippen molar-refractivity contribution in [1.82, 2.24) is 4.90 Å². The molecular formula is C26H56BrN. The third-order valence-corrected chi connectivity index (χ3v) is 5.98. The zero-order valence-electron chi connectivity index (χ0n) is 20.1. The van der Waals surface area contributed by atoms with Gasteiger partial charge >= 0.3 is 0 Å². The fourth-order valence-electron chi connectivity index (χ4n) is 4.04. The first-order chi connectivity index (χ1) is 13.3. The number of hydrogen-bond donors (Lipinski definition) is 0.